The van der Waals surface area contributed by atoms with Crippen LogP contribution in [0.25, 0.3) is 0 Å². The standard InChI is InChI=1S/C14H19N3O/c18-14-16-13(11-5-2-1-3-6-11)10-17(14)12-7-4-8-15-9-12/h1-3,5-6,12-13,15H,4,7-10H2,(H,16,18)/t12-,13-/m0/s1. The van der Waals surface area contributed by atoms with E-state index in [2.05, 4.69) is 22.8 Å². The lowest BCUT2D eigenvalue weighted by molar-refractivity contribution is 0.184. The molecule has 2 amide bonds. The van der Waals surface area contributed by atoms with Gasteiger partial charge in [-0.25, -0.2) is 4.79 Å². The monoisotopic (exact) mass is 245 g/mol. The average Bonchev–Trinajstić information content (AvgIpc) is 2.83. The van der Waals surface area contributed by atoms with Gasteiger partial charge in [0.1, 0.15) is 0 Å². The van der Waals surface area contributed by atoms with Crippen LogP contribution < -0.4 is 10.6 Å². The molecule has 1 aromatic carbocycles. The molecule has 2 fully saturated rings. The Kier molecular flexibility index (Phi) is 3.19. The fourth-order valence-corrected chi connectivity index (χ4v) is 2.85. The van der Waals surface area contributed by atoms with Crippen molar-refractivity contribution in [2.75, 3.05) is 19.6 Å². The van der Waals surface area contributed by atoms with E-state index in [0.29, 0.717) is 6.04 Å². The highest BCUT2D eigenvalue weighted by molar-refractivity contribution is 5.77. The molecular weight excluding hydrogens is 226 g/mol. The van der Waals surface area contributed by atoms with Crippen molar-refractivity contribution in [3.63, 3.8) is 0 Å². The summed E-state index contributed by atoms with van der Waals surface area (Å²) in [6.07, 6.45) is 2.27. The average molecular weight is 245 g/mol. The van der Waals surface area contributed by atoms with Crippen molar-refractivity contribution in [3.05, 3.63) is 35.9 Å². The second-order valence-corrected chi connectivity index (χ2v) is 5.07. The highest BCUT2D eigenvalue weighted by Crippen LogP contribution is 2.23. The molecule has 18 heavy (non-hydrogen) atoms. The van der Waals surface area contributed by atoms with Crippen LogP contribution in [0.2, 0.25) is 0 Å². The summed E-state index contributed by atoms with van der Waals surface area (Å²) >= 11 is 0. The smallest absolute Gasteiger partial charge is 0.318 e. The van der Waals surface area contributed by atoms with Crippen molar-refractivity contribution in [1.82, 2.24) is 15.5 Å². The van der Waals surface area contributed by atoms with E-state index < -0.39 is 0 Å². The lowest BCUT2D eigenvalue weighted by Gasteiger charge is -2.30. The van der Waals surface area contributed by atoms with Crippen LogP contribution in [-0.4, -0.2) is 36.6 Å². The number of nitrogens with one attached hydrogen (secondary N) is 2. The quantitative estimate of drug-likeness (QED) is 0.829. The fourth-order valence-electron chi connectivity index (χ4n) is 2.85. The van der Waals surface area contributed by atoms with Crippen molar-refractivity contribution >= 4 is 6.03 Å². The van der Waals surface area contributed by atoms with Crippen molar-refractivity contribution < 1.29 is 4.79 Å². The number of amides is 2. The number of hydrogen-bond donors (Lipinski definition) is 2. The highest BCUT2D eigenvalue weighted by Gasteiger charge is 2.34. The van der Waals surface area contributed by atoms with Crippen LogP contribution in [0.1, 0.15) is 24.4 Å². The van der Waals surface area contributed by atoms with Crippen LogP contribution in [-0.2, 0) is 0 Å². The molecular formula is C14H19N3O. The summed E-state index contributed by atoms with van der Waals surface area (Å²) in [7, 11) is 0. The normalized spacial score (nSPS) is 28.2. The van der Waals surface area contributed by atoms with E-state index >= 15 is 0 Å². The molecule has 1 aromatic rings. The Balaban J connectivity index is 1.70. The molecule has 0 saturated carbocycles. The van der Waals surface area contributed by atoms with Gasteiger partial charge in [-0.05, 0) is 24.9 Å². The Morgan fingerprint density at radius 2 is 2.06 bits per heavy atom. The van der Waals surface area contributed by atoms with E-state index in [9.17, 15) is 4.79 Å². The third kappa shape index (κ3) is 2.20. The summed E-state index contributed by atoms with van der Waals surface area (Å²) in [5.41, 5.74) is 1.19. The number of nitrogens with zero attached hydrogens (tertiary/aromatic N) is 1. The van der Waals surface area contributed by atoms with Crippen LogP contribution in [0, 0.1) is 0 Å². The van der Waals surface area contributed by atoms with Gasteiger partial charge in [0.15, 0.2) is 0 Å². The number of benzene rings is 1. The Hall–Kier alpha value is -1.55. The molecule has 2 aliphatic rings. The van der Waals surface area contributed by atoms with E-state index in [1.165, 1.54) is 5.56 Å². The number of piperidine rings is 1. The molecule has 0 spiro atoms. The first kappa shape index (κ1) is 11.5. The molecule has 0 bridgehead atoms. The van der Waals surface area contributed by atoms with Gasteiger partial charge < -0.3 is 15.5 Å². The highest BCUT2D eigenvalue weighted by atomic mass is 16.2. The van der Waals surface area contributed by atoms with Crippen molar-refractivity contribution in [3.8, 4) is 0 Å². The molecule has 0 unspecified atom stereocenters. The third-order valence-corrected chi connectivity index (χ3v) is 3.85. The number of urea groups is 1. The predicted molar refractivity (Wildman–Crippen MR) is 70.3 cm³/mol. The van der Waals surface area contributed by atoms with Crippen molar-refractivity contribution in [2.45, 2.75) is 24.9 Å². The van der Waals surface area contributed by atoms with Gasteiger partial charge in [-0.1, -0.05) is 30.3 Å². The van der Waals surface area contributed by atoms with Crippen molar-refractivity contribution in [1.29, 1.82) is 0 Å². The van der Waals surface area contributed by atoms with Gasteiger partial charge in [-0.3, -0.25) is 0 Å². The first-order valence-electron chi connectivity index (χ1n) is 6.67. The van der Waals surface area contributed by atoms with Crippen LogP contribution in [0.4, 0.5) is 4.79 Å². The maximum atomic E-state index is 12.0. The summed E-state index contributed by atoms with van der Waals surface area (Å²) in [5, 5.41) is 6.44. The van der Waals surface area contributed by atoms with Crippen LogP contribution in [0.15, 0.2) is 30.3 Å². The Morgan fingerprint density at radius 3 is 2.78 bits per heavy atom. The van der Waals surface area contributed by atoms with Gasteiger partial charge in [0.25, 0.3) is 0 Å². The molecule has 2 atom stereocenters. The molecule has 96 valence electrons. The summed E-state index contributed by atoms with van der Waals surface area (Å²) in [6, 6.07) is 10.8. The zero-order valence-corrected chi connectivity index (χ0v) is 10.4. The second-order valence-electron chi connectivity index (χ2n) is 5.07. The molecule has 2 aliphatic heterocycles. The molecule has 2 heterocycles. The minimum atomic E-state index is 0.0811. The lowest BCUT2D eigenvalue weighted by atomic mass is 10.0. The first-order valence-corrected chi connectivity index (χ1v) is 6.67. The molecule has 3 rings (SSSR count). The Labute approximate surface area is 107 Å². The molecule has 0 radical (unpaired) electrons. The topological polar surface area (TPSA) is 44.4 Å². The Morgan fingerprint density at radius 1 is 1.22 bits per heavy atom. The Bertz CT molecular complexity index is 414. The number of hydrogen-bond acceptors (Lipinski definition) is 2. The molecule has 2 saturated heterocycles. The van der Waals surface area contributed by atoms with Crippen LogP contribution >= 0.6 is 0 Å². The third-order valence-electron chi connectivity index (χ3n) is 3.85. The van der Waals surface area contributed by atoms with E-state index in [-0.39, 0.29) is 12.1 Å². The zero-order chi connectivity index (χ0) is 12.4. The van der Waals surface area contributed by atoms with E-state index in [4.69, 9.17) is 0 Å². The second kappa shape index (κ2) is 4.98. The maximum absolute atomic E-state index is 12.0. The molecule has 0 aromatic heterocycles. The van der Waals surface area contributed by atoms with Crippen molar-refractivity contribution in [2.24, 2.45) is 0 Å². The fraction of sp³-hybridized carbons (Fsp3) is 0.500. The molecule has 4 heteroatoms. The van der Waals surface area contributed by atoms with Crippen LogP contribution in [0.5, 0.6) is 0 Å². The van der Waals surface area contributed by atoms with E-state index in [1.807, 2.05) is 23.1 Å². The number of carbonyl (C=O) groups is 1. The van der Waals surface area contributed by atoms with E-state index in [0.717, 1.165) is 32.5 Å². The SMILES string of the molecule is O=C1N[C@H](c2ccccc2)CN1[C@H]1CCCNC1. The number of rotatable bonds is 2. The van der Waals surface area contributed by atoms with Crippen LogP contribution in [0.3, 0.4) is 0 Å². The van der Waals surface area contributed by atoms with Gasteiger partial charge in [-0.15, -0.1) is 0 Å². The van der Waals surface area contributed by atoms with E-state index in [1.54, 1.807) is 0 Å². The maximum Gasteiger partial charge on any atom is 0.318 e. The zero-order valence-electron chi connectivity index (χ0n) is 10.4. The first-order chi connectivity index (χ1) is 8.84. The summed E-state index contributed by atoms with van der Waals surface area (Å²) in [6.45, 7) is 2.79. The van der Waals surface area contributed by atoms with Gasteiger partial charge in [-0.2, -0.15) is 0 Å². The summed E-state index contributed by atoms with van der Waals surface area (Å²) < 4.78 is 0. The molecule has 0 aliphatic carbocycles. The van der Waals surface area contributed by atoms with Gasteiger partial charge in [0.05, 0.1) is 6.04 Å². The van der Waals surface area contributed by atoms with Gasteiger partial charge in [0, 0.05) is 19.1 Å². The summed E-state index contributed by atoms with van der Waals surface area (Å²) in [4.78, 5) is 14.0. The van der Waals surface area contributed by atoms with Gasteiger partial charge >= 0.3 is 6.03 Å². The van der Waals surface area contributed by atoms with Gasteiger partial charge in [0.2, 0.25) is 0 Å². The minimum absolute atomic E-state index is 0.0811. The minimum Gasteiger partial charge on any atom is -0.329 e. The number of carbonyl (C=O) groups excluding carboxylic acids is 1. The summed E-state index contributed by atoms with van der Waals surface area (Å²) in [5.74, 6) is 0. The largest absolute Gasteiger partial charge is 0.329 e. The predicted octanol–water partition coefficient (Wildman–Crippen LogP) is 1.50. The molecule has 4 nitrogen and oxygen atoms in total. The molecule has 2 N–H and O–H groups in total. The lowest BCUT2D eigenvalue weighted by Crippen LogP contribution is -2.47.